The third-order valence-electron chi connectivity index (χ3n) is 3.68. The van der Waals surface area contributed by atoms with Gasteiger partial charge >= 0.3 is 0 Å². The van der Waals surface area contributed by atoms with Gasteiger partial charge in [-0.25, -0.2) is 0 Å². The molecule has 1 aromatic rings. The average molecular weight is 207 g/mol. The molecule has 0 aliphatic heterocycles. The molecular formula is C12H21N3. The number of rotatable bonds is 3. The van der Waals surface area contributed by atoms with Gasteiger partial charge in [0.15, 0.2) is 0 Å². The summed E-state index contributed by atoms with van der Waals surface area (Å²) in [7, 11) is 0. The summed E-state index contributed by atoms with van der Waals surface area (Å²) in [6.45, 7) is 2.05. The molecule has 0 aromatic carbocycles. The zero-order valence-electron chi connectivity index (χ0n) is 9.55. The first-order valence-corrected chi connectivity index (χ1v) is 6.06. The first kappa shape index (κ1) is 10.5. The predicted molar refractivity (Wildman–Crippen MR) is 62.6 cm³/mol. The van der Waals surface area contributed by atoms with Crippen LogP contribution < -0.4 is 5.73 Å². The van der Waals surface area contributed by atoms with Gasteiger partial charge in [-0.05, 0) is 25.7 Å². The molecule has 1 aliphatic rings. The van der Waals surface area contributed by atoms with Crippen LogP contribution in [0.1, 0.15) is 49.8 Å². The summed E-state index contributed by atoms with van der Waals surface area (Å²) in [5.74, 6) is 1.59. The molecule has 1 heterocycles. The smallest absolute Gasteiger partial charge is 0.148 e. The van der Waals surface area contributed by atoms with Crippen LogP contribution in [0.4, 0.5) is 5.82 Å². The number of nitrogens with one attached hydrogen (secondary N) is 1. The second-order valence-corrected chi connectivity index (χ2v) is 4.76. The fourth-order valence-corrected chi connectivity index (χ4v) is 2.52. The summed E-state index contributed by atoms with van der Waals surface area (Å²) in [4.78, 5) is 0. The molecule has 1 aliphatic carbocycles. The Balaban J connectivity index is 1.84. The third kappa shape index (κ3) is 2.52. The van der Waals surface area contributed by atoms with Gasteiger partial charge in [-0.3, -0.25) is 5.10 Å². The number of hydrogen-bond acceptors (Lipinski definition) is 2. The van der Waals surface area contributed by atoms with Crippen LogP contribution in [0, 0.1) is 12.8 Å². The van der Waals surface area contributed by atoms with Gasteiger partial charge in [0.2, 0.25) is 0 Å². The maximum Gasteiger partial charge on any atom is 0.148 e. The van der Waals surface area contributed by atoms with Gasteiger partial charge in [-0.2, -0.15) is 5.10 Å². The van der Waals surface area contributed by atoms with Crippen molar-refractivity contribution in [3.05, 3.63) is 11.3 Å². The lowest BCUT2D eigenvalue weighted by Gasteiger charge is -2.21. The number of aromatic nitrogens is 2. The van der Waals surface area contributed by atoms with E-state index in [2.05, 4.69) is 17.1 Å². The zero-order chi connectivity index (χ0) is 10.7. The van der Waals surface area contributed by atoms with Crippen molar-refractivity contribution in [2.45, 2.75) is 51.9 Å². The maximum absolute atomic E-state index is 5.71. The van der Waals surface area contributed by atoms with Crippen LogP contribution >= 0.6 is 0 Å². The second-order valence-electron chi connectivity index (χ2n) is 4.76. The number of nitrogen functional groups attached to an aromatic ring is 1. The van der Waals surface area contributed by atoms with Gasteiger partial charge in [-0.15, -0.1) is 0 Å². The van der Waals surface area contributed by atoms with Crippen LogP contribution in [0.2, 0.25) is 0 Å². The summed E-state index contributed by atoms with van der Waals surface area (Å²) in [6.07, 6.45) is 9.53. The summed E-state index contributed by atoms with van der Waals surface area (Å²) < 4.78 is 0. The Morgan fingerprint density at radius 2 is 2.07 bits per heavy atom. The van der Waals surface area contributed by atoms with E-state index in [0.29, 0.717) is 5.82 Å². The molecule has 1 aromatic heterocycles. The van der Waals surface area contributed by atoms with E-state index in [4.69, 9.17) is 5.73 Å². The average Bonchev–Trinajstić information content (AvgIpc) is 2.59. The van der Waals surface area contributed by atoms with Crippen LogP contribution in [0.3, 0.4) is 0 Å². The highest BCUT2D eigenvalue weighted by atomic mass is 15.2. The Kier molecular flexibility index (Phi) is 3.29. The zero-order valence-corrected chi connectivity index (χ0v) is 9.55. The van der Waals surface area contributed by atoms with Crippen molar-refractivity contribution in [1.82, 2.24) is 10.2 Å². The summed E-state index contributed by atoms with van der Waals surface area (Å²) in [6, 6.07) is 0. The lowest BCUT2D eigenvalue weighted by molar-refractivity contribution is 0.338. The molecule has 0 spiro atoms. The Labute approximate surface area is 91.4 Å². The first-order valence-electron chi connectivity index (χ1n) is 6.06. The number of aromatic amines is 1. The SMILES string of the molecule is Cc1c(N)n[nH]c1CCC1CCCCC1. The van der Waals surface area contributed by atoms with Gasteiger partial charge in [0.1, 0.15) is 5.82 Å². The number of nitrogens with two attached hydrogens (primary N) is 1. The predicted octanol–water partition coefficient (Wildman–Crippen LogP) is 2.81. The third-order valence-corrected chi connectivity index (χ3v) is 3.68. The molecule has 0 saturated heterocycles. The lowest BCUT2D eigenvalue weighted by Crippen LogP contribution is -2.07. The molecule has 84 valence electrons. The highest BCUT2D eigenvalue weighted by Gasteiger charge is 2.14. The Morgan fingerprint density at radius 3 is 2.67 bits per heavy atom. The van der Waals surface area contributed by atoms with E-state index >= 15 is 0 Å². The van der Waals surface area contributed by atoms with Crippen LogP contribution in [0.15, 0.2) is 0 Å². The van der Waals surface area contributed by atoms with Gasteiger partial charge in [0.05, 0.1) is 0 Å². The summed E-state index contributed by atoms with van der Waals surface area (Å²) >= 11 is 0. The minimum absolute atomic E-state index is 0.661. The molecule has 2 rings (SSSR count). The van der Waals surface area contributed by atoms with Crippen molar-refractivity contribution in [3.63, 3.8) is 0 Å². The molecule has 0 radical (unpaired) electrons. The number of aryl methyl sites for hydroxylation is 1. The fraction of sp³-hybridized carbons (Fsp3) is 0.750. The van der Waals surface area contributed by atoms with Crippen LogP contribution in [0.25, 0.3) is 0 Å². The highest BCUT2D eigenvalue weighted by Crippen LogP contribution is 2.27. The minimum atomic E-state index is 0.661. The van der Waals surface area contributed by atoms with Crippen molar-refractivity contribution in [2.24, 2.45) is 5.92 Å². The number of anilines is 1. The van der Waals surface area contributed by atoms with Crippen molar-refractivity contribution in [2.75, 3.05) is 5.73 Å². The highest BCUT2D eigenvalue weighted by molar-refractivity contribution is 5.40. The summed E-state index contributed by atoms with van der Waals surface area (Å²) in [5, 5.41) is 7.07. The van der Waals surface area contributed by atoms with E-state index in [0.717, 1.165) is 17.9 Å². The lowest BCUT2D eigenvalue weighted by atomic mass is 9.85. The maximum atomic E-state index is 5.71. The van der Waals surface area contributed by atoms with E-state index < -0.39 is 0 Å². The molecule has 0 amide bonds. The molecule has 0 atom stereocenters. The molecule has 0 bridgehead atoms. The van der Waals surface area contributed by atoms with Gasteiger partial charge in [-0.1, -0.05) is 32.1 Å². The van der Waals surface area contributed by atoms with E-state index in [1.165, 1.54) is 44.2 Å². The normalized spacial score (nSPS) is 18.2. The molecule has 0 unspecified atom stereocenters. The van der Waals surface area contributed by atoms with Gasteiger partial charge in [0, 0.05) is 11.3 Å². The molecule has 3 N–H and O–H groups in total. The Bertz CT molecular complexity index is 311. The molecule has 15 heavy (non-hydrogen) atoms. The number of H-pyrrole nitrogens is 1. The van der Waals surface area contributed by atoms with E-state index in [9.17, 15) is 0 Å². The molecule has 1 fully saturated rings. The largest absolute Gasteiger partial charge is 0.382 e. The van der Waals surface area contributed by atoms with E-state index in [1.54, 1.807) is 0 Å². The molecule has 3 nitrogen and oxygen atoms in total. The second kappa shape index (κ2) is 4.69. The van der Waals surface area contributed by atoms with E-state index in [-0.39, 0.29) is 0 Å². The summed E-state index contributed by atoms with van der Waals surface area (Å²) in [5.41, 5.74) is 8.09. The monoisotopic (exact) mass is 207 g/mol. The first-order chi connectivity index (χ1) is 7.27. The van der Waals surface area contributed by atoms with Crippen molar-refractivity contribution < 1.29 is 0 Å². The minimum Gasteiger partial charge on any atom is -0.382 e. The number of hydrogen-bond donors (Lipinski definition) is 2. The standard InChI is InChI=1S/C12H21N3/c1-9-11(14-15-12(9)13)8-7-10-5-3-2-4-6-10/h10H,2-8H2,1H3,(H3,13,14,15). The fourth-order valence-electron chi connectivity index (χ4n) is 2.52. The van der Waals surface area contributed by atoms with Crippen LogP contribution in [0.5, 0.6) is 0 Å². The van der Waals surface area contributed by atoms with Crippen molar-refractivity contribution >= 4 is 5.82 Å². The number of nitrogens with zero attached hydrogens (tertiary/aromatic N) is 1. The topological polar surface area (TPSA) is 54.7 Å². The molecular weight excluding hydrogens is 186 g/mol. The van der Waals surface area contributed by atoms with Gasteiger partial charge < -0.3 is 5.73 Å². The van der Waals surface area contributed by atoms with E-state index in [1.807, 2.05) is 0 Å². The Hall–Kier alpha value is -0.990. The molecule has 3 heteroatoms. The van der Waals surface area contributed by atoms with Crippen LogP contribution in [-0.4, -0.2) is 10.2 Å². The van der Waals surface area contributed by atoms with Gasteiger partial charge in [0.25, 0.3) is 0 Å². The van der Waals surface area contributed by atoms with Crippen LogP contribution in [-0.2, 0) is 6.42 Å². The Morgan fingerprint density at radius 1 is 1.33 bits per heavy atom. The quantitative estimate of drug-likeness (QED) is 0.800. The molecule has 1 saturated carbocycles. The van der Waals surface area contributed by atoms with Crippen molar-refractivity contribution in [1.29, 1.82) is 0 Å². The van der Waals surface area contributed by atoms with Crippen molar-refractivity contribution in [3.8, 4) is 0 Å².